The molecule has 0 atom stereocenters. The van der Waals surface area contributed by atoms with E-state index in [1.807, 2.05) is 30.3 Å². The lowest BCUT2D eigenvalue weighted by Gasteiger charge is -2.20. The van der Waals surface area contributed by atoms with Gasteiger partial charge in [-0.1, -0.05) is 46.3 Å². The van der Waals surface area contributed by atoms with Crippen LogP contribution >= 0.6 is 27.5 Å². The summed E-state index contributed by atoms with van der Waals surface area (Å²) < 4.78 is 41.0. The first kappa shape index (κ1) is 15.2. The lowest BCUT2D eigenvalue weighted by molar-refractivity contribution is -0.144. The molecular formula is C12H11BrF3N3S. The summed E-state index contributed by atoms with van der Waals surface area (Å²) in [6, 6.07) is 9.52. The molecule has 0 aliphatic rings. The van der Waals surface area contributed by atoms with Gasteiger partial charge < -0.3 is 4.90 Å². The van der Waals surface area contributed by atoms with E-state index in [4.69, 9.17) is 0 Å². The maximum absolute atomic E-state index is 12.5. The quantitative estimate of drug-likeness (QED) is 0.751. The fraction of sp³-hybridized carbons (Fsp3) is 0.333. The van der Waals surface area contributed by atoms with E-state index in [9.17, 15) is 13.2 Å². The molecule has 108 valence electrons. The van der Waals surface area contributed by atoms with Gasteiger partial charge in [0.25, 0.3) is 0 Å². The molecule has 0 unspecified atom stereocenters. The minimum Gasteiger partial charge on any atom is -0.342 e. The maximum Gasteiger partial charge on any atom is 0.452 e. The summed E-state index contributed by atoms with van der Waals surface area (Å²) in [5, 5.41) is 0.918. The molecule has 8 heteroatoms. The van der Waals surface area contributed by atoms with E-state index >= 15 is 0 Å². The first-order chi connectivity index (χ1) is 9.50. The molecule has 0 saturated heterocycles. The van der Waals surface area contributed by atoms with Crippen LogP contribution in [0, 0.1) is 0 Å². The Balaban J connectivity index is 2.18. The van der Waals surface area contributed by atoms with Gasteiger partial charge in [-0.2, -0.15) is 22.5 Å². The molecule has 3 nitrogen and oxygen atoms in total. The molecule has 0 aliphatic heterocycles. The average molecular weight is 366 g/mol. The molecule has 1 aromatic carbocycles. The number of aromatic nitrogens is 2. The normalized spacial score (nSPS) is 11.6. The number of benzene rings is 1. The number of anilines is 1. The summed E-state index contributed by atoms with van der Waals surface area (Å²) in [7, 11) is 0. The zero-order chi connectivity index (χ0) is 14.6. The van der Waals surface area contributed by atoms with Gasteiger partial charge in [-0.15, -0.1) is 0 Å². The Morgan fingerprint density at radius 3 is 2.45 bits per heavy atom. The number of rotatable bonds is 5. The number of halogens is 4. The third-order valence-electron chi connectivity index (χ3n) is 2.51. The van der Waals surface area contributed by atoms with Crippen LogP contribution < -0.4 is 4.90 Å². The first-order valence-electron chi connectivity index (χ1n) is 5.76. The summed E-state index contributed by atoms with van der Waals surface area (Å²) in [4.78, 5) is 5.36. The minimum absolute atomic E-state index is 0.278. The van der Waals surface area contributed by atoms with Gasteiger partial charge >= 0.3 is 6.18 Å². The molecule has 20 heavy (non-hydrogen) atoms. The van der Waals surface area contributed by atoms with Crippen molar-refractivity contribution in [2.45, 2.75) is 12.7 Å². The van der Waals surface area contributed by atoms with Crippen molar-refractivity contribution in [1.29, 1.82) is 0 Å². The molecule has 0 bridgehead atoms. The van der Waals surface area contributed by atoms with E-state index < -0.39 is 12.0 Å². The van der Waals surface area contributed by atoms with Gasteiger partial charge in [0.2, 0.25) is 11.0 Å². The van der Waals surface area contributed by atoms with Crippen LogP contribution in [0.3, 0.4) is 0 Å². The largest absolute Gasteiger partial charge is 0.452 e. The Labute approximate surface area is 126 Å². The topological polar surface area (TPSA) is 29.0 Å². The first-order valence-corrected chi connectivity index (χ1v) is 7.66. The van der Waals surface area contributed by atoms with Crippen LogP contribution in [-0.4, -0.2) is 21.2 Å². The zero-order valence-corrected chi connectivity index (χ0v) is 12.7. The van der Waals surface area contributed by atoms with Gasteiger partial charge in [0.05, 0.1) is 0 Å². The predicted octanol–water partition coefficient (Wildman–Crippen LogP) is 3.96. The molecule has 0 spiro atoms. The molecule has 0 fully saturated rings. The summed E-state index contributed by atoms with van der Waals surface area (Å²) in [6.07, 6.45) is -4.50. The molecule has 0 radical (unpaired) electrons. The second kappa shape index (κ2) is 6.53. The Bertz CT molecular complexity index is 544. The van der Waals surface area contributed by atoms with Crippen LogP contribution in [0.4, 0.5) is 18.3 Å². The van der Waals surface area contributed by atoms with Crippen LogP contribution in [0.1, 0.15) is 11.4 Å². The highest BCUT2D eigenvalue weighted by molar-refractivity contribution is 9.09. The Morgan fingerprint density at radius 1 is 1.20 bits per heavy atom. The van der Waals surface area contributed by atoms with Gasteiger partial charge in [-0.3, -0.25) is 0 Å². The number of alkyl halides is 4. The maximum atomic E-state index is 12.5. The van der Waals surface area contributed by atoms with Crippen molar-refractivity contribution in [3.05, 3.63) is 41.7 Å². The lowest BCUT2D eigenvalue weighted by atomic mass is 10.2. The van der Waals surface area contributed by atoms with E-state index in [1.54, 1.807) is 4.90 Å². The zero-order valence-electron chi connectivity index (χ0n) is 10.3. The molecule has 1 heterocycles. The minimum atomic E-state index is -4.50. The molecule has 1 aromatic heterocycles. The van der Waals surface area contributed by atoms with Crippen molar-refractivity contribution in [1.82, 2.24) is 9.36 Å². The van der Waals surface area contributed by atoms with Gasteiger partial charge in [0.1, 0.15) is 0 Å². The fourth-order valence-corrected chi connectivity index (χ4v) is 2.75. The van der Waals surface area contributed by atoms with E-state index in [0.29, 0.717) is 18.4 Å². The number of hydrogen-bond donors (Lipinski definition) is 0. The van der Waals surface area contributed by atoms with Crippen LogP contribution in [0.15, 0.2) is 30.3 Å². The molecule has 0 amide bonds. The molecule has 0 saturated carbocycles. The van der Waals surface area contributed by atoms with Crippen molar-refractivity contribution in [3.63, 3.8) is 0 Å². The second-order valence-electron chi connectivity index (χ2n) is 3.99. The number of hydrogen-bond acceptors (Lipinski definition) is 4. The standard InChI is InChI=1S/C12H11BrF3N3S/c13-6-7-19(8-9-4-2-1-3-5-9)11-17-10(18-20-11)12(14,15)16/h1-5H,6-8H2. The average Bonchev–Trinajstić information content (AvgIpc) is 2.89. The second-order valence-corrected chi connectivity index (χ2v) is 5.52. The SMILES string of the molecule is FC(F)(F)c1nsc(N(CCBr)Cc2ccccc2)n1. The Kier molecular flexibility index (Phi) is 4.98. The smallest absolute Gasteiger partial charge is 0.342 e. The summed E-state index contributed by atoms with van der Waals surface area (Å²) in [5.74, 6) is -1.08. The summed E-state index contributed by atoms with van der Waals surface area (Å²) >= 11 is 4.07. The fourth-order valence-electron chi connectivity index (χ4n) is 1.61. The third-order valence-corrected chi connectivity index (χ3v) is 3.64. The van der Waals surface area contributed by atoms with Crippen molar-refractivity contribution in [2.75, 3.05) is 16.8 Å². The summed E-state index contributed by atoms with van der Waals surface area (Å²) in [6.45, 7) is 1.06. The van der Waals surface area contributed by atoms with Crippen molar-refractivity contribution in [3.8, 4) is 0 Å². The van der Waals surface area contributed by atoms with Gasteiger partial charge in [-0.05, 0) is 5.56 Å². The highest BCUT2D eigenvalue weighted by Gasteiger charge is 2.36. The van der Waals surface area contributed by atoms with Crippen molar-refractivity contribution in [2.24, 2.45) is 0 Å². The van der Waals surface area contributed by atoms with Crippen molar-refractivity contribution < 1.29 is 13.2 Å². The highest BCUT2D eigenvalue weighted by atomic mass is 79.9. The highest BCUT2D eigenvalue weighted by Crippen LogP contribution is 2.30. The lowest BCUT2D eigenvalue weighted by Crippen LogP contribution is -2.24. The Morgan fingerprint density at radius 2 is 1.90 bits per heavy atom. The monoisotopic (exact) mass is 365 g/mol. The van der Waals surface area contributed by atoms with Crippen LogP contribution in [-0.2, 0) is 12.7 Å². The van der Waals surface area contributed by atoms with Crippen LogP contribution in [0.25, 0.3) is 0 Å². The molecule has 2 aromatic rings. The molecule has 0 aliphatic carbocycles. The van der Waals surface area contributed by atoms with E-state index in [-0.39, 0.29) is 5.13 Å². The third kappa shape index (κ3) is 3.92. The van der Waals surface area contributed by atoms with Crippen LogP contribution in [0.2, 0.25) is 0 Å². The molecule has 2 rings (SSSR count). The van der Waals surface area contributed by atoms with Gasteiger partial charge in [0, 0.05) is 30.0 Å². The van der Waals surface area contributed by atoms with Crippen molar-refractivity contribution >= 4 is 32.6 Å². The molecule has 0 N–H and O–H groups in total. The number of nitrogens with zero attached hydrogens (tertiary/aromatic N) is 3. The van der Waals surface area contributed by atoms with Gasteiger partial charge in [-0.25, -0.2) is 0 Å². The van der Waals surface area contributed by atoms with E-state index in [2.05, 4.69) is 25.3 Å². The predicted molar refractivity (Wildman–Crippen MR) is 76.2 cm³/mol. The van der Waals surface area contributed by atoms with E-state index in [1.165, 1.54) is 0 Å². The van der Waals surface area contributed by atoms with Gasteiger partial charge in [0.15, 0.2) is 0 Å². The van der Waals surface area contributed by atoms with Crippen LogP contribution in [0.5, 0.6) is 0 Å². The molecular weight excluding hydrogens is 355 g/mol. The van der Waals surface area contributed by atoms with E-state index in [0.717, 1.165) is 17.1 Å². The Hall–Kier alpha value is -1.15. The summed E-state index contributed by atoms with van der Waals surface area (Å²) in [5.41, 5.74) is 1.01.